The highest BCUT2D eigenvalue weighted by Crippen LogP contribution is 2.30. The molecule has 1 heterocycles. The summed E-state index contributed by atoms with van der Waals surface area (Å²) in [7, 11) is 0. The van der Waals surface area contributed by atoms with E-state index in [1.54, 1.807) is 0 Å². The predicted octanol–water partition coefficient (Wildman–Crippen LogP) is -0.416. The number of nitrogens with zero attached hydrogens (tertiary/aromatic N) is 1. The van der Waals surface area contributed by atoms with Crippen LogP contribution in [0.5, 0.6) is 0 Å². The van der Waals surface area contributed by atoms with Crippen molar-refractivity contribution in [2.24, 2.45) is 5.73 Å². The van der Waals surface area contributed by atoms with Gasteiger partial charge in [0.1, 0.15) is 6.04 Å². The molecule has 1 aromatic rings. The average Bonchev–Trinajstić information content (AvgIpc) is 2.64. The molecule has 8 nitrogen and oxygen atoms in total. The van der Waals surface area contributed by atoms with Crippen LogP contribution in [0.15, 0.2) is 18.2 Å². The van der Waals surface area contributed by atoms with E-state index in [4.69, 9.17) is 11.5 Å². The van der Waals surface area contributed by atoms with Crippen LogP contribution >= 0.6 is 0 Å². The molecule has 5 N–H and O–H groups in total. The van der Waals surface area contributed by atoms with Crippen LogP contribution in [-0.4, -0.2) is 39.7 Å². The topological polar surface area (TPSA) is 144 Å². The maximum absolute atomic E-state index is 12.3. The van der Waals surface area contributed by atoms with E-state index in [9.17, 15) is 24.3 Å². The number of amides is 3. The van der Waals surface area contributed by atoms with Gasteiger partial charge in [0.15, 0.2) is 0 Å². The molecule has 2 rings (SSSR count). The van der Waals surface area contributed by atoms with Gasteiger partial charge < -0.3 is 16.6 Å². The van der Waals surface area contributed by atoms with Crippen LogP contribution in [0.3, 0.4) is 0 Å². The van der Waals surface area contributed by atoms with E-state index in [0.29, 0.717) is 4.90 Å². The summed E-state index contributed by atoms with van der Waals surface area (Å²) < 4.78 is 0. The fourth-order valence-corrected chi connectivity index (χ4v) is 2.25. The van der Waals surface area contributed by atoms with E-state index >= 15 is 0 Å². The largest absolute Gasteiger partial charge is 0.480 e. The zero-order valence-electron chi connectivity index (χ0n) is 10.9. The van der Waals surface area contributed by atoms with Crippen molar-refractivity contribution in [1.82, 2.24) is 4.90 Å². The molecule has 0 spiro atoms. The molecule has 0 saturated heterocycles. The number of nitrogens with two attached hydrogens (primary N) is 2. The van der Waals surface area contributed by atoms with Gasteiger partial charge in [-0.2, -0.15) is 0 Å². The summed E-state index contributed by atoms with van der Waals surface area (Å²) in [6.45, 7) is 0. The number of aliphatic carboxylic acids is 1. The highest BCUT2D eigenvalue weighted by Gasteiger charge is 2.43. The lowest BCUT2D eigenvalue weighted by Gasteiger charge is -2.21. The summed E-state index contributed by atoms with van der Waals surface area (Å²) >= 11 is 0. The number of hydrogen-bond acceptors (Lipinski definition) is 5. The van der Waals surface area contributed by atoms with E-state index in [1.807, 2.05) is 0 Å². The summed E-state index contributed by atoms with van der Waals surface area (Å²) in [5.41, 5.74) is 10.8. The SMILES string of the molecule is NC(=O)CCC(C(=O)O)N1C(=O)c2cccc(N)c2C1=O. The second-order valence-electron chi connectivity index (χ2n) is 4.61. The molecule has 1 atom stereocenters. The van der Waals surface area contributed by atoms with Gasteiger partial charge in [-0.3, -0.25) is 19.3 Å². The molecule has 0 bridgehead atoms. The summed E-state index contributed by atoms with van der Waals surface area (Å²) in [6.07, 6.45) is -0.490. The number of fused-ring (bicyclic) bond motifs is 1. The first-order valence-electron chi connectivity index (χ1n) is 6.12. The minimum atomic E-state index is -1.45. The van der Waals surface area contributed by atoms with Crippen molar-refractivity contribution < 1.29 is 24.3 Å². The number of imide groups is 1. The first-order chi connectivity index (χ1) is 9.84. The number of nitrogen functional groups attached to an aromatic ring is 1. The minimum Gasteiger partial charge on any atom is -0.480 e. The Kier molecular flexibility index (Phi) is 3.62. The molecule has 3 amide bonds. The average molecular weight is 291 g/mol. The van der Waals surface area contributed by atoms with E-state index in [-0.39, 0.29) is 29.7 Å². The molecule has 0 aliphatic carbocycles. The Morgan fingerprint density at radius 3 is 2.43 bits per heavy atom. The summed E-state index contributed by atoms with van der Waals surface area (Å²) in [5, 5.41) is 9.20. The number of carbonyl (C=O) groups excluding carboxylic acids is 3. The molecule has 0 radical (unpaired) electrons. The molecule has 1 unspecified atom stereocenters. The van der Waals surface area contributed by atoms with Gasteiger partial charge >= 0.3 is 5.97 Å². The van der Waals surface area contributed by atoms with E-state index < -0.39 is 29.7 Å². The number of carboxylic acid groups (broad SMARTS) is 1. The van der Waals surface area contributed by atoms with Crippen LogP contribution in [0.1, 0.15) is 33.6 Å². The van der Waals surface area contributed by atoms with E-state index in [1.165, 1.54) is 18.2 Å². The molecule has 21 heavy (non-hydrogen) atoms. The molecule has 1 aromatic carbocycles. The van der Waals surface area contributed by atoms with Gasteiger partial charge in [-0.25, -0.2) is 4.79 Å². The van der Waals surface area contributed by atoms with Crippen molar-refractivity contribution in [1.29, 1.82) is 0 Å². The Morgan fingerprint density at radius 1 is 1.24 bits per heavy atom. The van der Waals surface area contributed by atoms with Crippen molar-refractivity contribution in [3.05, 3.63) is 29.3 Å². The number of primary amides is 1. The molecule has 1 aliphatic heterocycles. The van der Waals surface area contributed by atoms with Crippen molar-refractivity contribution in [2.75, 3.05) is 5.73 Å². The number of carbonyl (C=O) groups is 4. The van der Waals surface area contributed by atoms with Gasteiger partial charge in [0.05, 0.1) is 11.1 Å². The number of anilines is 1. The summed E-state index contributed by atoms with van der Waals surface area (Å²) in [6, 6.07) is 2.90. The number of benzene rings is 1. The second kappa shape index (κ2) is 5.23. The molecule has 8 heteroatoms. The lowest BCUT2D eigenvalue weighted by molar-refractivity contribution is -0.141. The molecule has 0 aromatic heterocycles. The van der Waals surface area contributed by atoms with Gasteiger partial charge in [-0.1, -0.05) is 6.07 Å². The third-order valence-electron chi connectivity index (χ3n) is 3.24. The Morgan fingerprint density at radius 2 is 1.90 bits per heavy atom. The zero-order chi connectivity index (χ0) is 15.7. The quantitative estimate of drug-likeness (QED) is 0.496. The molecule has 1 aliphatic rings. The standard InChI is InChI=1S/C13H13N3O5/c14-7-3-1-2-6-10(7)12(19)16(11(6)18)8(13(20)21)4-5-9(15)17/h1-3,8H,4-5,14H2,(H2,15,17)(H,20,21). The monoisotopic (exact) mass is 291 g/mol. The third-order valence-corrected chi connectivity index (χ3v) is 3.24. The van der Waals surface area contributed by atoms with E-state index in [2.05, 4.69) is 0 Å². The molecule has 110 valence electrons. The maximum Gasteiger partial charge on any atom is 0.326 e. The Balaban J connectivity index is 2.38. The van der Waals surface area contributed by atoms with Crippen LogP contribution < -0.4 is 11.5 Å². The van der Waals surface area contributed by atoms with Crippen molar-refractivity contribution in [2.45, 2.75) is 18.9 Å². The fraction of sp³-hybridized carbons (Fsp3) is 0.231. The second-order valence-corrected chi connectivity index (χ2v) is 4.61. The minimum absolute atomic E-state index is 0.00664. The van der Waals surface area contributed by atoms with Gasteiger partial charge in [-0.15, -0.1) is 0 Å². The Labute approximate surface area is 119 Å². The highest BCUT2D eigenvalue weighted by atomic mass is 16.4. The van der Waals surface area contributed by atoms with Gasteiger partial charge in [0.25, 0.3) is 11.8 Å². The summed E-state index contributed by atoms with van der Waals surface area (Å²) in [4.78, 5) is 47.2. The first-order valence-corrected chi connectivity index (χ1v) is 6.12. The summed E-state index contributed by atoms with van der Waals surface area (Å²) in [5.74, 6) is -3.61. The highest BCUT2D eigenvalue weighted by molar-refractivity contribution is 6.24. The lowest BCUT2D eigenvalue weighted by atomic mass is 10.1. The van der Waals surface area contributed by atoms with Gasteiger partial charge in [-0.05, 0) is 18.6 Å². The number of rotatable bonds is 5. The zero-order valence-corrected chi connectivity index (χ0v) is 10.9. The van der Waals surface area contributed by atoms with Crippen molar-refractivity contribution in [3.8, 4) is 0 Å². The van der Waals surface area contributed by atoms with Crippen LogP contribution in [0, 0.1) is 0 Å². The smallest absolute Gasteiger partial charge is 0.326 e. The van der Waals surface area contributed by atoms with Crippen LogP contribution in [0.25, 0.3) is 0 Å². The normalized spacial score (nSPS) is 15.0. The van der Waals surface area contributed by atoms with Gasteiger partial charge in [0.2, 0.25) is 5.91 Å². The third kappa shape index (κ3) is 2.42. The van der Waals surface area contributed by atoms with Crippen molar-refractivity contribution >= 4 is 29.4 Å². The van der Waals surface area contributed by atoms with Crippen LogP contribution in [0.4, 0.5) is 5.69 Å². The Bertz CT molecular complexity index is 655. The first kappa shape index (κ1) is 14.5. The van der Waals surface area contributed by atoms with Crippen LogP contribution in [0.2, 0.25) is 0 Å². The van der Waals surface area contributed by atoms with Crippen molar-refractivity contribution in [3.63, 3.8) is 0 Å². The predicted molar refractivity (Wildman–Crippen MR) is 71.2 cm³/mol. The maximum atomic E-state index is 12.3. The van der Waals surface area contributed by atoms with E-state index in [0.717, 1.165) is 0 Å². The molecular weight excluding hydrogens is 278 g/mol. The van der Waals surface area contributed by atoms with Crippen LogP contribution in [-0.2, 0) is 9.59 Å². The van der Waals surface area contributed by atoms with Gasteiger partial charge in [0, 0.05) is 12.1 Å². The number of hydrogen-bond donors (Lipinski definition) is 3. The molecule has 0 saturated carbocycles. The fourth-order valence-electron chi connectivity index (χ4n) is 2.25. The molecule has 0 fully saturated rings. The lowest BCUT2D eigenvalue weighted by Crippen LogP contribution is -2.45. The molecular formula is C13H13N3O5. The Hall–Kier alpha value is -2.90. The number of carboxylic acids is 1.